The smallest absolute Gasteiger partial charge is 0.138 e. The van der Waals surface area contributed by atoms with Crippen LogP contribution in [-0.4, -0.2) is 29.7 Å². The average Bonchev–Trinajstić information content (AvgIpc) is 4.16. The largest absolute Gasteiger partial charge is 0.332 e. The zero-order valence-electron chi connectivity index (χ0n) is 37.9. The summed E-state index contributed by atoms with van der Waals surface area (Å²) in [5.41, 5.74) is 15.6. The predicted octanol–water partition coefficient (Wildman–Crippen LogP) is 15.8. The topological polar surface area (TPSA) is 43.8 Å². The number of pyridine rings is 2. The van der Waals surface area contributed by atoms with Crippen LogP contribution in [0.15, 0.2) is 243 Å². The van der Waals surface area contributed by atoms with Crippen molar-refractivity contribution in [2.45, 2.75) is 12.0 Å². The number of hydrogen-bond donors (Lipinski definition) is 0. The molecule has 1 aliphatic carbocycles. The molecule has 0 spiro atoms. The normalized spacial score (nSPS) is 15.3. The summed E-state index contributed by atoms with van der Waals surface area (Å²) in [6.45, 7) is 0. The summed E-state index contributed by atoms with van der Waals surface area (Å²) in [7, 11) is 0. The van der Waals surface area contributed by atoms with E-state index in [1.807, 2.05) is 0 Å². The third-order valence-electron chi connectivity index (χ3n) is 14.8. The van der Waals surface area contributed by atoms with Crippen molar-refractivity contribution in [3.63, 3.8) is 0 Å². The number of fused-ring (bicyclic) bond motifs is 13. The van der Waals surface area contributed by atoms with Gasteiger partial charge in [0.25, 0.3) is 0 Å². The molecule has 2 atom stereocenters. The van der Waals surface area contributed by atoms with E-state index in [-0.39, 0.29) is 12.0 Å². The molecule has 6 heterocycles. The fourth-order valence-electron chi connectivity index (χ4n) is 11.8. The van der Waals surface area contributed by atoms with Crippen LogP contribution in [0.4, 0.5) is 11.4 Å². The Morgan fingerprint density at radius 3 is 1.33 bits per heavy atom. The molecule has 0 fully saturated rings. The van der Waals surface area contributed by atoms with Gasteiger partial charge < -0.3 is 9.47 Å². The molecule has 6 heteroatoms. The molecule has 13 aromatic rings. The van der Waals surface area contributed by atoms with Gasteiger partial charge in [0, 0.05) is 60.7 Å². The Bertz CT molecular complexity index is 4250. The Balaban J connectivity index is 0.888. The lowest BCUT2D eigenvalue weighted by atomic mass is 9.91. The lowest BCUT2D eigenvalue weighted by Crippen LogP contribution is -2.28. The van der Waals surface area contributed by atoms with Crippen molar-refractivity contribution in [2.75, 3.05) is 4.90 Å². The van der Waals surface area contributed by atoms with E-state index in [1.165, 1.54) is 49.1 Å². The molecule has 70 heavy (non-hydrogen) atoms. The molecular formula is C64H42N6. The minimum Gasteiger partial charge on any atom is -0.332 e. The lowest BCUT2D eigenvalue weighted by molar-refractivity contribution is 0.745. The number of anilines is 2. The van der Waals surface area contributed by atoms with E-state index in [2.05, 4.69) is 261 Å². The highest BCUT2D eigenvalue weighted by molar-refractivity contribution is 6.15. The molecule has 0 bridgehead atoms. The number of nitrogens with zero attached hydrogens (tertiary/aromatic N) is 6. The Morgan fingerprint density at radius 2 is 0.786 bits per heavy atom. The third kappa shape index (κ3) is 5.68. The molecule has 5 aromatic heterocycles. The Kier molecular flexibility index (Phi) is 8.38. The second-order valence-corrected chi connectivity index (χ2v) is 18.5. The second-order valence-electron chi connectivity index (χ2n) is 18.5. The molecule has 2 aliphatic rings. The summed E-state index contributed by atoms with van der Waals surface area (Å²) < 4.78 is 7.07. The number of benzene rings is 8. The lowest BCUT2D eigenvalue weighted by Gasteiger charge is -2.29. The first-order chi connectivity index (χ1) is 34.7. The molecule has 1 aliphatic heterocycles. The highest BCUT2D eigenvalue weighted by atomic mass is 15.2. The van der Waals surface area contributed by atoms with Gasteiger partial charge in [0.1, 0.15) is 11.6 Å². The van der Waals surface area contributed by atoms with E-state index < -0.39 is 0 Å². The van der Waals surface area contributed by atoms with Gasteiger partial charge in [-0.1, -0.05) is 164 Å². The summed E-state index contributed by atoms with van der Waals surface area (Å²) in [4.78, 5) is 13.4. The zero-order chi connectivity index (χ0) is 45.9. The maximum Gasteiger partial charge on any atom is 0.138 e. The number of hydrogen-bond acceptors (Lipinski definition) is 3. The van der Waals surface area contributed by atoms with Crippen LogP contribution >= 0.6 is 0 Å². The van der Waals surface area contributed by atoms with Gasteiger partial charge in [-0.3, -0.25) is 9.13 Å². The zero-order valence-corrected chi connectivity index (χ0v) is 37.9. The summed E-state index contributed by atoms with van der Waals surface area (Å²) in [5, 5.41) is 7.33. The predicted molar refractivity (Wildman–Crippen MR) is 289 cm³/mol. The van der Waals surface area contributed by atoms with Crippen molar-refractivity contribution >= 4 is 76.8 Å². The van der Waals surface area contributed by atoms with Crippen LogP contribution in [0.1, 0.15) is 11.5 Å². The van der Waals surface area contributed by atoms with Crippen molar-refractivity contribution in [3.8, 4) is 39.8 Å². The van der Waals surface area contributed by atoms with Crippen LogP contribution in [0.2, 0.25) is 0 Å². The maximum atomic E-state index is 5.40. The van der Waals surface area contributed by atoms with Gasteiger partial charge in [0.15, 0.2) is 0 Å². The van der Waals surface area contributed by atoms with Gasteiger partial charge in [-0.05, 0) is 84.4 Å². The van der Waals surface area contributed by atoms with Gasteiger partial charge in [-0.15, -0.1) is 0 Å². The van der Waals surface area contributed by atoms with E-state index in [1.54, 1.807) is 0 Å². The third-order valence-corrected chi connectivity index (χ3v) is 14.8. The quantitative estimate of drug-likeness (QED) is 0.167. The molecular weight excluding hydrogens is 853 g/mol. The van der Waals surface area contributed by atoms with E-state index in [0.29, 0.717) is 0 Å². The van der Waals surface area contributed by atoms with Gasteiger partial charge in [0.05, 0.1) is 56.2 Å². The minimum absolute atomic E-state index is 0.0864. The summed E-state index contributed by atoms with van der Waals surface area (Å²) in [6, 6.07) is 78.8. The van der Waals surface area contributed by atoms with Crippen LogP contribution in [-0.2, 0) is 0 Å². The summed E-state index contributed by atoms with van der Waals surface area (Å²) in [5.74, 6) is 1.97. The number of para-hydroxylation sites is 5. The van der Waals surface area contributed by atoms with Crippen LogP contribution in [0.5, 0.6) is 0 Å². The second kappa shape index (κ2) is 15.1. The molecule has 2 unspecified atom stereocenters. The summed E-state index contributed by atoms with van der Waals surface area (Å²) in [6.07, 6.45) is 9.16. The SMILES string of the molecule is C1=CC2c3ccc4c5ccccc5n(-c5cccc(-c6cccc(-n7c8ccccc8c8ccccc87)n6)c5)c4c3N(c3cccc(-c4cccc(-n5c6ccccc6c6ccccc65)n4)c3)C2C=C1. The van der Waals surface area contributed by atoms with Crippen LogP contribution < -0.4 is 4.90 Å². The molecule has 0 saturated heterocycles. The van der Waals surface area contributed by atoms with Crippen molar-refractivity contribution in [1.82, 2.24) is 23.7 Å². The van der Waals surface area contributed by atoms with E-state index >= 15 is 0 Å². The van der Waals surface area contributed by atoms with E-state index in [0.717, 1.165) is 73.1 Å². The monoisotopic (exact) mass is 894 g/mol. The summed E-state index contributed by atoms with van der Waals surface area (Å²) >= 11 is 0. The van der Waals surface area contributed by atoms with E-state index in [9.17, 15) is 0 Å². The molecule has 0 saturated carbocycles. The standard InChI is InChI=1S/C64H42N6/c1-9-31-57-45(21-1)46-22-2-10-32-58(46)69(57)61-35-15-27-53(65-61)41-17-13-19-43(39-41)67-55-29-7-5-25-49(55)51-37-38-52-50-26-6-8-30-56(50)68(64(52)63(51)67)44-20-14-18-42(40-44)54-28-16-36-62(66-54)70-59-33-11-3-23-47(59)48-24-4-12-34-60(48)70/h1-40,49,55H. The van der Waals surface area contributed by atoms with Crippen LogP contribution in [0, 0.1) is 0 Å². The first-order valence-electron chi connectivity index (χ1n) is 24.1. The average molecular weight is 895 g/mol. The molecule has 328 valence electrons. The molecule has 0 N–H and O–H groups in total. The molecule has 0 radical (unpaired) electrons. The van der Waals surface area contributed by atoms with Crippen molar-refractivity contribution in [2.24, 2.45) is 0 Å². The van der Waals surface area contributed by atoms with Gasteiger partial charge in [-0.25, -0.2) is 9.97 Å². The highest BCUT2D eigenvalue weighted by Crippen LogP contribution is 2.53. The van der Waals surface area contributed by atoms with Gasteiger partial charge >= 0.3 is 0 Å². The Labute approximate surface area is 403 Å². The van der Waals surface area contributed by atoms with Crippen molar-refractivity contribution in [1.29, 1.82) is 0 Å². The van der Waals surface area contributed by atoms with Gasteiger partial charge in [0.2, 0.25) is 0 Å². The number of allylic oxidation sites excluding steroid dienone is 2. The minimum atomic E-state index is 0.0864. The van der Waals surface area contributed by atoms with Crippen LogP contribution in [0.25, 0.3) is 105 Å². The first kappa shape index (κ1) is 38.8. The number of rotatable bonds is 6. The van der Waals surface area contributed by atoms with Crippen molar-refractivity contribution < 1.29 is 0 Å². The van der Waals surface area contributed by atoms with Gasteiger partial charge in [-0.2, -0.15) is 0 Å². The van der Waals surface area contributed by atoms with Crippen LogP contribution in [0.3, 0.4) is 0 Å². The van der Waals surface area contributed by atoms with E-state index in [4.69, 9.17) is 9.97 Å². The molecule has 6 nitrogen and oxygen atoms in total. The molecule has 8 aromatic carbocycles. The molecule has 15 rings (SSSR count). The molecule has 0 amide bonds. The Morgan fingerprint density at radius 1 is 0.343 bits per heavy atom. The first-order valence-corrected chi connectivity index (χ1v) is 24.1. The number of aromatic nitrogens is 5. The fourth-order valence-corrected chi connectivity index (χ4v) is 11.8. The highest BCUT2D eigenvalue weighted by Gasteiger charge is 2.40. The Hall–Kier alpha value is -9.26. The van der Waals surface area contributed by atoms with Crippen molar-refractivity contribution in [3.05, 3.63) is 248 Å². The maximum absolute atomic E-state index is 5.40. The fraction of sp³-hybridized carbons (Fsp3) is 0.0312.